The molecule has 1 aromatic carbocycles. The van der Waals surface area contributed by atoms with Crippen LogP contribution >= 0.6 is 0 Å². The molecule has 0 aliphatic carbocycles. The largest absolute Gasteiger partial charge is 0.487 e. The number of likely N-dealkylation sites (N-methyl/N-ethyl adjacent to an activating group) is 1. The molecule has 9 heteroatoms. The fraction of sp³-hybridized carbons (Fsp3) is 0.423. The van der Waals surface area contributed by atoms with Crippen molar-refractivity contribution in [2.24, 2.45) is 0 Å². The van der Waals surface area contributed by atoms with Gasteiger partial charge < -0.3 is 19.7 Å². The summed E-state index contributed by atoms with van der Waals surface area (Å²) in [6, 6.07) is 6.69. The zero-order valence-electron chi connectivity index (χ0n) is 20.2. The van der Waals surface area contributed by atoms with Crippen LogP contribution in [0, 0.1) is 5.82 Å². The third kappa shape index (κ3) is 4.03. The van der Waals surface area contributed by atoms with Crippen molar-refractivity contribution in [3.05, 3.63) is 59.1 Å². The molecule has 1 atom stereocenters. The fourth-order valence-electron chi connectivity index (χ4n) is 4.99. The van der Waals surface area contributed by atoms with Crippen molar-refractivity contribution < 1.29 is 23.5 Å². The molecule has 4 heterocycles. The molecular weight excluding hydrogens is 451 g/mol. The van der Waals surface area contributed by atoms with Crippen LogP contribution in [0.25, 0.3) is 0 Å². The molecule has 0 spiro atoms. The highest BCUT2D eigenvalue weighted by atomic mass is 19.1. The minimum atomic E-state index is -0.682. The molecule has 5 rings (SSSR count). The van der Waals surface area contributed by atoms with Crippen LogP contribution in [0.3, 0.4) is 0 Å². The number of anilines is 2. The van der Waals surface area contributed by atoms with Crippen molar-refractivity contribution in [2.45, 2.75) is 44.8 Å². The van der Waals surface area contributed by atoms with E-state index >= 15 is 0 Å². The number of nitrogens with zero attached hydrogens (tertiary/aromatic N) is 3. The molecule has 3 aliphatic rings. The second-order valence-corrected chi connectivity index (χ2v) is 9.82. The molecule has 2 amide bonds. The van der Waals surface area contributed by atoms with Gasteiger partial charge in [-0.2, -0.15) is 0 Å². The Balaban J connectivity index is 1.20. The summed E-state index contributed by atoms with van der Waals surface area (Å²) in [5, 5.41) is 3.25. The average Bonchev–Trinajstić information content (AvgIpc) is 3.28. The Kier molecular flexibility index (Phi) is 5.75. The second-order valence-electron chi connectivity index (χ2n) is 9.82. The van der Waals surface area contributed by atoms with Crippen LogP contribution in [0.2, 0.25) is 0 Å². The molecule has 0 bridgehead atoms. The highest BCUT2D eigenvalue weighted by molar-refractivity contribution is 6.08. The number of cyclic esters (lactones) is 1. The van der Waals surface area contributed by atoms with Gasteiger partial charge >= 0.3 is 6.09 Å². The van der Waals surface area contributed by atoms with Crippen LogP contribution in [0.5, 0.6) is 5.75 Å². The Labute approximate surface area is 203 Å². The SMILES string of the molecule is C=C1COc2ccc(N3CC(CCNCc4c(F)ccc5c4N(C)C(=O)C5(C)C)OC3=O)nc2C1. The number of amides is 2. The molecule has 1 aromatic heterocycles. The monoisotopic (exact) mass is 480 g/mol. The molecule has 1 unspecified atom stereocenters. The van der Waals surface area contributed by atoms with Gasteiger partial charge in [-0.25, -0.2) is 14.2 Å². The Bertz CT molecular complexity index is 1230. The first-order valence-corrected chi connectivity index (χ1v) is 11.7. The minimum Gasteiger partial charge on any atom is -0.487 e. The highest BCUT2D eigenvalue weighted by Gasteiger charge is 2.44. The van der Waals surface area contributed by atoms with Gasteiger partial charge in [0.15, 0.2) is 0 Å². The predicted molar refractivity (Wildman–Crippen MR) is 129 cm³/mol. The number of halogens is 1. The molecule has 8 nitrogen and oxygen atoms in total. The van der Waals surface area contributed by atoms with Crippen molar-refractivity contribution in [1.82, 2.24) is 10.3 Å². The van der Waals surface area contributed by atoms with Gasteiger partial charge in [-0.05, 0) is 56.1 Å². The van der Waals surface area contributed by atoms with E-state index in [2.05, 4.69) is 16.9 Å². The number of ether oxygens (including phenoxy) is 2. The van der Waals surface area contributed by atoms with E-state index in [1.165, 1.54) is 15.9 Å². The first-order valence-electron chi connectivity index (χ1n) is 11.7. The van der Waals surface area contributed by atoms with Crippen LogP contribution in [0.4, 0.5) is 20.7 Å². The molecule has 184 valence electrons. The molecule has 1 fully saturated rings. The third-order valence-electron chi connectivity index (χ3n) is 6.94. The summed E-state index contributed by atoms with van der Waals surface area (Å²) in [6.45, 7) is 9.31. The molecule has 1 saturated heterocycles. The Morgan fingerprint density at radius 3 is 2.86 bits per heavy atom. The summed E-state index contributed by atoms with van der Waals surface area (Å²) in [4.78, 5) is 32.8. The van der Waals surface area contributed by atoms with Crippen LogP contribution in [-0.2, 0) is 27.9 Å². The van der Waals surface area contributed by atoms with Crippen molar-refractivity contribution in [1.29, 1.82) is 0 Å². The van der Waals surface area contributed by atoms with E-state index in [1.807, 2.05) is 19.9 Å². The maximum absolute atomic E-state index is 14.7. The third-order valence-corrected chi connectivity index (χ3v) is 6.94. The summed E-state index contributed by atoms with van der Waals surface area (Å²) in [5.41, 5.74) is 2.95. The molecule has 3 aliphatic heterocycles. The molecule has 35 heavy (non-hydrogen) atoms. The summed E-state index contributed by atoms with van der Waals surface area (Å²) in [5.74, 6) is 0.839. The van der Waals surface area contributed by atoms with E-state index in [0.717, 1.165) is 16.8 Å². The van der Waals surface area contributed by atoms with Gasteiger partial charge in [0.2, 0.25) is 5.91 Å². The number of benzene rings is 1. The van der Waals surface area contributed by atoms with Gasteiger partial charge in [-0.3, -0.25) is 9.69 Å². The fourth-order valence-corrected chi connectivity index (χ4v) is 4.99. The summed E-state index contributed by atoms with van der Waals surface area (Å²) in [6.07, 6.45) is 0.432. The number of carbonyl (C=O) groups is 2. The molecule has 2 aromatic rings. The van der Waals surface area contributed by atoms with Crippen molar-refractivity contribution in [2.75, 3.05) is 36.5 Å². The number of hydrogen-bond acceptors (Lipinski definition) is 6. The molecule has 1 N–H and O–H groups in total. The first-order chi connectivity index (χ1) is 16.7. The van der Waals surface area contributed by atoms with Crippen molar-refractivity contribution in [3.63, 3.8) is 0 Å². The average molecular weight is 481 g/mol. The van der Waals surface area contributed by atoms with Crippen LogP contribution in [-0.4, -0.2) is 49.8 Å². The lowest BCUT2D eigenvalue weighted by Crippen LogP contribution is -2.33. The van der Waals surface area contributed by atoms with E-state index in [-0.39, 0.29) is 24.4 Å². The highest BCUT2D eigenvalue weighted by Crippen LogP contribution is 2.43. The minimum absolute atomic E-state index is 0.0519. The number of hydrogen-bond donors (Lipinski definition) is 1. The number of rotatable bonds is 6. The van der Waals surface area contributed by atoms with Crippen LogP contribution < -0.4 is 19.9 Å². The second kappa shape index (κ2) is 8.64. The lowest BCUT2D eigenvalue weighted by Gasteiger charge is -2.20. The van der Waals surface area contributed by atoms with Crippen molar-refractivity contribution >= 4 is 23.5 Å². The zero-order valence-corrected chi connectivity index (χ0v) is 20.2. The Morgan fingerprint density at radius 2 is 2.06 bits per heavy atom. The number of pyridine rings is 1. The van der Waals surface area contributed by atoms with E-state index in [4.69, 9.17) is 9.47 Å². The lowest BCUT2D eigenvalue weighted by molar-refractivity contribution is -0.121. The van der Waals surface area contributed by atoms with E-state index < -0.39 is 11.5 Å². The number of carbonyl (C=O) groups excluding carboxylic acids is 2. The van der Waals surface area contributed by atoms with Crippen LogP contribution in [0.1, 0.15) is 37.1 Å². The Morgan fingerprint density at radius 1 is 1.26 bits per heavy atom. The molecule has 0 saturated carbocycles. The lowest BCUT2D eigenvalue weighted by atomic mass is 9.85. The topological polar surface area (TPSA) is 84.0 Å². The molecule has 0 radical (unpaired) electrons. The maximum Gasteiger partial charge on any atom is 0.415 e. The number of nitrogens with one attached hydrogen (secondary N) is 1. The van der Waals surface area contributed by atoms with E-state index in [0.29, 0.717) is 55.4 Å². The Hall–Kier alpha value is -3.46. The van der Waals surface area contributed by atoms with Gasteiger partial charge in [-0.15, -0.1) is 0 Å². The van der Waals surface area contributed by atoms with Gasteiger partial charge in [0.25, 0.3) is 0 Å². The number of fused-ring (bicyclic) bond motifs is 2. The van der Waals surface area contributed by atoms with Gasteiger partial charge in [0.1, 0.15) is 30.1 Å². The normalized spacial score (nSPS) is 20.6. The standard InChI is InChI=1S/C26H29FN4O4/c1-15-11-20-21(34-14-15)7-8-22(29-20)31-13-16(35-25(31)33)9-10-28-12-17-19(27)6-5-18-23(17)30(4)24(32)26(18,2)3/h5-8,16,28H,1,9-14H2,2-4H3. The predicted octanol–water partition coefficient (Wildman–Crippen LogP) is 3.47. The van der Waals surface area contributed by atoms with E-state index in [9.17, 15) is 14.0 Å². The maximum atomic E-state index is 14.7. The van der Waals surface area contributed by atoms with Gasteiger partial charge in [0.05, 0.1) is 23.3 Å². The first kappa shape index (κ1) is 23.3. The van der Waals surface area contributed by atoms with Gasteiger partial charge in [0, 0.05) is 25.6 Å². The van der Waals surface area contributed by atoms with Crippen molar-refractivity contribution in [3.8, 4) is 5.75 Å². The summed E-state index contributed by atoms with van der Waals surface area (Å²) < 4.78 is 25.8. The quantitative estimate of drug-likeness (QED) is 0.504. The smallest absolute Gasteiger partial charge is 0.415 e. The van der Waals surface area contributed by atoms with Gasteiger partial charge in [-0.1, -0.05) is 12.6 Å². The zero-order chi connectivity index (χ0) is 24.9. The number of aromatic nitrogens is 1. The van der Waals surface area contributed by atoms with E-state index in [1.54, 1.807) is 19.2 Å². The molecular formula is C26H29FN4O4. The summed E-state index contributed by atoms with van der Waals surface area (Å²) in [7, 11) is 1.68. The summed E-state index contributed by atoms with van der Waals surface area (Å²) >= 11 is 0. The van der Waals surface area contributed by atoms with Crippen LogP contribution in [0.15, 0.2) is 36.4 Å².